The van der Waals surface area contributed by atoms with E-state index in [-0.39, 0.29) is 0 Å². The molecule has 1 aliphatic heterocycles. The van der Waals surface area contributed by atoms with Gasteiger partial charge in [-0.1, -0.05) is 60.2 Å². The summed E-state index contributed by atoms with van der Waals surface area (Å²) in [5.41, 5.74) is 4.70. The van der Waals surface area contributed by atoms with Crippen molar-refractivity contribution >= 4 is 17.2 Å². The quantitative estimate of drug-likeness (QED) is 0.751. The molecule has 0 aromatic heterocycles. The Labute approximate surface area is 141 Å². The van der Waals surface area contributed by atoms with Crippen molar-refractivity contribution in [3.05, 3.63) is 95.6 Å². The smallest absolute Gasteiger partial charge is 0.160 e. The number of amidine groups is 1. The third-order valence-corrected chi connectivity index (χ3v) is 4.22. The summed E-state index contributed by atoms with van der Waals surface area (Å²) in [5, 5.41) is 11.0. The van der Waals surface area contributed by atoms with Gasteiger partial charge in [0, 0.05) is 16.8 Å². The lowest BCUT2D eigenvalue weighted by Gasteiger charge is -2.35. The second-order valence-corrected chi connectivity index (χ2v) is 5.94. The van der Waals surface area contributed by atoms with Crippen LogP contribution in [0.3, 0.4) is 0 Å². The number of rotatable bonds is 2. The average molecular weight is 314 g/mol. The van der Waals surface area contributed by atoms with Gasteiger partial charge in [-0.2, -0.15) is 0 Å². The van der Waals surface area contributed by atoms with Crippen molar-refractivity contribution in [1.82, 2.24) is 0 Å². The first-order chi connectivity index (χ1) is 11.7. The van der Waals surface area contributed by atoms with Crippen LogP contribution in [0.25, 0.3) is 0 Å². The van der Waals surface area contributed by atoms with Crippen LogP contribution >= 0.6 is 0 Å². The molecule has 1 heterocycles. The minimum Gasteiger partial charge on any atom is -0.369 e. The van der Waals surface area contributed by atoms with Gasteiger partial charge in [0.15, 0.2) is 6.23 Å². The van der Waals surface area contributed by atoms with Crippen molar-refractivity contribution < 1.29 is 5.11 Å². The Morgan fingerprint density at radius 1 is 0.875 bits per heavy atom. The van der Waals surface area contributed by atoms with Crippen LogP contribution in [0, 0.1) is 6.92 Å². The Bertz CT molecular complexity index is 902. The first kappa shape index (κ1) is 14.7. The van der Waals surface area contributed by atoms with Crippen LogP contribution in [-0.2, 0) is 0 Å². The lowest BCUT2D eigenvalue weighted by atomic mass is 10.0. The molecule has 3 heteroatoms. The van der Waals surface area contributed by atoms with Gasteiger partial charge in [0.1, 0.15) is 5.84 Å². The monoisotopic (exact) mass is 314 g/mol. The number of aliphatic imine (C=N–C) groups is 1. The highest BCUT2D eigenvalue weighted by molar-refractivity contribution is 6.12. The summed E-state index contributed by atoms with van der Waals surface area (Å²) < 4.78 is 0. The Morgan fingerprint density at radius 2 is 1.62 bits per heavy atom. The molecule has 3 aromatic carbocycles. The fraction of sp³-hybridized carbons (Fsp3) is 0.0952. The third-order valence-electron chi connectivity index (χ3n) is 4.22. The van der Waals surface area contributed by atoms with E-state index >= 15 is 0 Å². The van der Waals surface area contributed by atoms with Gasteiger partial charge in [-0.25, -0.2) is 4.99 Å². The zero-order chi connectivity index (χ0) is 16.5. The van der Waals surface area contributed by atoms with Gasteiger partial charge < -0.3 is 5.11 Å². The zero-order valence-electron chi connectivity index (χ0n) is 13.4. The Morgan fingerprint density at radius 3 is 2.42 bits per heavy atom. The molecule has 4 rings (SSSR count). The number of fused-ring (bicyclic) bond motifs is 1. The summed E-state index contributed by atoms with van der Waals surface area (Å²) in [7, 11) is 0. The van der Waals surface area contributed by atoms with Crippen molar-refractivity contribution in [1.29, 1.82) is 0 Å². The average Bonchev–Trinajstić information content (AvgIpc) is 2.62. The molecule has 1 aliphatic rings. The molecule has 0 aliphatic carbocycles. The standard InChI is InChI=1S/C21H18N2O/c1-15-8-7-9-16(14-15)20-22-19-13-6-5-12-18(19)21(24)23(20)17-10-3-2-4-11-17/h2-14,21,24H,1H3. The maximum absolute atomic E-state index is 11.0. The number of anilines is 1. The first-order valence-corrected chi connectivity index (χ1v) is 8.01. The molecule has 0 bridgehead atoms. The number of hydrogen-bond acceptors (Lipinski definition) is 3. The topological polar surface area (TPSA) is 35.8 Å². The van der Waals surface area contributed by atoms with E-state index in [1.165, 1.54) is 0 Å². The van der Waals surface area contributed by atoms with E-state index in [4.69, 9.17) is 4.99 Å². The molecule has 0 fully saturated rings. The lowest BCUT2D eigenvalue weighted by molar-refractivity contribution is 0.187. The molecule has 118 valence electrons. The van der Waals surface area contributed by atoms with Gasteiger partial charge in [-0.05, 0) is 31.2 Å². The minimum atomic E-state index is -0.767. The molecular weight excluding hydrogens is 296 g/mol. The summed E-state index contributed by atoms with van der Waals surface area (Å²) in [6.07, 6.45) is -0.767. The maximum Gasteiger partial charge on any atom is 0.160 e. The van der Waals surface area contributed by atoms with Gasteiger partial charge in [0.25, 0.3) is 0 Å². The van der Waals surface area contributed by atoms with Crippen molar-refractivity contribution in [2.24, 2.45) is 4.99 Å². The summed E-state index contributed by atoms with van der Waals surface area (Å²) in [6, 6.07) is 25.8. The molecule has 3 nitrogen and oxygen atoms in total. The van der Waals surface area contributed by atoms with Crippen molar-refractivity contribution in [2.75, 3.05) is 4.90 Å². The van der Waals surface area contributed by atoms with Crippen molar-refractivity contribution in [2.45, 2.75) is 13.2 Å². The van der Waals surface area contributed by atoms with Crippen molar-refractivity contribution in [3.8, 4) is 0 Å². The van der Waals surface area contributed by atoms with Gasteiger partial charge in [0.2, 0.25) is 0 Å². The van der Waals surface area contributed by atoms with E-state index < -0.39 is 6.23 Å². The molecule has 0 saturated heterocycles. The fourth-order valence-corrected chi connectivity index (χ4v) is 3.07. The highest BCUT2D eigenvalue weighted by Crippen LogP contribution is 2.37. The summed E-state index contributed by atoms with van der Waals surface area (Å²) >= 11 is 0. The highest BCUT2D eigenvalue weighted by atomic mass is 16.3. The number of nitrogens with zero attached hydrogens (tertiary/aromatic N) is 2. The van der Waals surface area contributed by atoms with Gasteiger partial charge in [0.05, 0.1) is 5.69 Å². The van der Waals surface area contributed by atoms with E-state index in [0.29, 0.717) is 0 Å². The Kier molecular flexibility index (Phi) is 3.63. The fourth-order valence-electron chi connectivity index (χ4n) is 3.07. The predicted octanol–water partition coefficient (Wildman–Crippen LogP) is 4.58. The Hall–Kier alpha value is -2.91. The number of hydrogen-bond donors (Lipinski definition) is 1. The highest BCUT2D eigenvalue weighted by Gasteiger charge is 2.30. The maximum atomic E-state index is 11.0. The molecule has 1 atom stereocenters. The van der Waals surface area contributed by atoms with E-state index in [0.717, 1.165) is 33.9 Å². The predicted molar refractivity (Wildman–Crippen MR) is 97.7 cm³/mol. The van der Waals surface area contributed by atoms with Gasteiger partial charge in [-0.15, -0.1) is 0 Å². The van der Waals surface area contributed by atoms with E-state index in [2.05, 4.69) is 19.1 Å². The molecular formula is C21H18N2O. The number of aliphatic hydroxyl groups excluding tert-OH is 1. The van der Waals surface area contributed by atoms with Crippen LogP contribution < -0.4 is 4.90 Å². The molecule has 0 radical (unpaired) electrons. The van der Waals surface area contributed by atoms with Crippen LogP contribution in [0.15, 0.2) is 83.9 Å². The van der Waals surface area contributed by atoms with Crippen molar-refractivity contribution in [3.63, 3.8) is 0 Å². The van der Waals surface area contributed by atoms with Crippen LogP contribution in [0.4, 0.5) is 11.4 Å². The zero-order valence-corrected chi connectivity index (χ0v) is 13.4. The molecule has 0 spiro atoms. The second-order valence-electron chi connectivity index (χ2n) is 5.94. The van der Waals surface area contributed by atoms with Gasteiger partial charge >= 0.3 is 0 Å². The van der Waals surface area contributed by atoms with Crippen LogP contribution in [0.2, 0.25) is 0 Å². The summed E-state index contributed by atoms with van der Waals surface area (Å²) in [6.45, 7) is 2.06. The number of aryl methyl sites for hydroxylation is 1. The molecule has 24 heavy (non-hydrogen) atoms. The number of para-hydroxylation sites is 2. The van der Waals surface area contributed by atoms with E-state index in [1.54, 1.807) is 0 Å². The van der Waals surface area contributed by atoms with Gasteiger partial charge in [-0.3, -0.25) is 4.90 Å². The first-order valence-electron chi connectivity index (χ1n) is 8.01. The van der Waals surface area contributed by atoms with Crippen LogP contribution in [0.1, 0.15) is 22.9 Å². The molecule has 1 unspecified atom stereocenters. The normalized spacial score (nSPS) is 16.5. The van der Waals surface area contributed by atoms with Crippen LogP contribution in [-0.4, -0.2) is 10.9 Å². The minimum absolute atomic E-state index is 0.760. The van der Waals surface area contributed by atoms with Crippen LogP contribution in [0.5, 0.6) is 0 Å². The molecule has 0 amide bonds. The number of benzene rings is 3. The van der Waals surface area contributed by atoms with E-state index in [9.17, 15) is 5.11 Å². The number of aliphatic hydroxyl groups is 1. The summed E-state index contributed by atoms with van der Waals surface area (Å²) in [4.78, 5) is 6.73. The third kappa shape index (κ3) is 2.49. The second kappa shape index (κ2) is 5.95. The lowest BCUT2D eigenvalue weighted by Crippen LogP contribution is -2.37. The summed E-state index contributed by atoms with van der Waals surface area (Å²) in [5.74, 6) is 0.760. The SMILES string of the molecule is Cc1cccc(C2=Nc3ccccc3C(O)N2c2ccccc2)c1. The largest absolute Gasteiger partial charge is 0.369 e. The Balaban J connectivity index is 1.93. The molecule has 3 aromatic rings. The van der Waals surface area contributed by atoms with E-state index in [1.807, 2.05) is 71.6 Å². The molecule has 1 N–H and O–H groups in total. The molecule has 0 saturated carbocycles.